The van der Waals surface area contributed by atoms with Crippen LogP contribution in [0.4, 0.5) is 9.18 Å². The molecule has 1 aliphatic rings. The third kappa shape index (κ3) is 4.42. The van der Waals surface area contributed by atoms with Crippen LogP contribution in [0.3, 0.4) is 0 Å². The molecule has 31 heavy (non-hydrogen) atoms. The number of nitrogens with zero attached hydrogens (tertiary/aromatic N) is 4. The standard InChI is InChI=1S/C23H24FN5O2/c1-16-3-5-17(6-4-16)21-20(15-29(26-21)19-9-7-18(24)8-10-19)22(30)27-11-2-12-28(14-13-27)23(25)31/h3-10,15H,2,11-14H2,1H3,(H2,25,31). The van der Waals surface area contributed by atoms with Crippen LogP contribution in [0, 0.1) is 12.7 Å². The first-order chi connectivity index (χ1) is 14.9. The molecular formula is C23H24FN5O2. The highest BCUT2D eigenvalue weighted by atomic mass is 19.1. The second-order valence-corrected chi connectivity index (χ2v) is 7.65. The highest BCUT2D eigenvalue weighted by molar-refractivity contribution is 6.00. The van der Waals surface area contributed by atoms with Gasteiger partial charge in [-0.1, -0.05) is 29.8 Å². The van der Waals surface area contributed by atoms with Crippen LogP contribution in [0.25, 0.3) is 16.9 Å². The van der Waals surface area contributed by atoms with Crippen molar-refractivity contribution in [1.82, 2.24) is 19.6 Å². The van der Waals surface area contributed by atoms with Crippen molar-refractivity contribution < 1.29 is 14.0 Å². The minimum Gasteiger partial charge on any atom is -0.351 e. The van der Waals surface area contributed by atoms with Gasteiger partial charge in [-0.2, -0.15) is 5.10 Å². The minimum atomic E-state index is -0.473. The molecular weight excluding hydrogens is 397 g/mol. The number of carbonyl (C=O) groups is 2. The largest absolute Gasteiger partial charge is 0.351 e. The summed E-state index contributed by atoms with van der Waals surface area (Å²) >= 11 is 0. The molecule has 8 heteroatoms. The van der Waals surface area contributed by atoms with Crippen molar-refractivity contribution in [3.63, 3.8) is 0 Å². The number of hydrogen-bond acceptors (Lipinski definition) is 3. The first kappa shape index (κ1) is 20.6. The third-order valence-corrected chi connectivity index (χ3v) is 5.46. The van der Waals surface area contributed by atoms with E-state index < -0.39 is 6.03 Å². The van der Waals surface area contributed by atoms with E-state index in [-0.39, 0.29) is 11.7 Å². The van der Waals surface area contributed by atoms with Crippen molar-refractivity contribution >= 4 is 11.9 Å². The summed E-state index contributed by atoms with van der Waals surface area (Å²) in [6.45, 7) is 3.84. The maximum absolute atomic E-state index is 13.5. The molecule has 0 atom stereocenters. The number of nitrogens with two attached hydrogens (primary N) is 1. The van der Waals surface area contributed by atoms with Crippen LogP contribution in [0.1, 0.15) is 22.3 Å². The molecule has 1 aromatic heterocycles. The van der Waals surface area contributed by atoms with Crippen molar-refractivity contribution in [2.75, 3.05) is 26.2 Å². The van der Waals surface area contributed by atoms with Gasteiger partial charge in [0.05, 0.1) is 11.3 Å². The van der Waals surface area contributed by atoms with Gasteiger partial charge < -0.3 is 15.5 Å². The van der Waals surface area contributed by atoms with Gasteiger partial charge in [0.25, 0.3) is 5.91 Å². The van der Waals surface area contributed by atoms with Crippen LogP contribution < -0.4 is 5.73 Å². The Balaban J connectivity index is 1.71. The Bertz CT molecular complexity index is 1090. The maximum atomic E-state index is 13.5. The number of aromatic nitrogens is 2. The summed E-state index contributed by atoms with van der Waals surface area (Å²) in [5.41, 5.74) is 9.01. The van der Waals surface area contributed by atoms with E-state index in [9.17, 15) is 14.0 Å². The van der Waals surface area contributed by atoms with Gasteiger partial charge in [-0.25, -0.2) is 13.9 Å². The summed E-state index contributed by atoms with van der Waals surface area (Å²) in [6.07, 6.45) is 2.34. The average Bonchev–Trinajstić information content (AvgIpc) is 3.04. The van der Waals surface area contributed by atoms with Crippen molar-refractivity contribution in [3.05, 3.63) is 71.7 Å². The number of primary amides is 1. The maximum Gasteiger partial charge on any atom is 0.314 e. The monoisotopic (exact) mass is 421 g/mol. The molecule has 4 rings (SSSR count). The van der Waals surface area contributed by atoms with Gasteiger partial charge in [-0.05, 0) is 37.6 Å². The molecule has 1 aliphatic heterocycles. The van der Waals surface area contributed by atoms with E-state index in [4.69, 9.17) is 5.73 Å². The van der Waals surface area contributed by atoms with Gasteiger partial charge in [0.15, 0.2) is 0 Å². The zero-order valence-electron chi connectivity index (χ0n) is 17.3. The molecule has 0 bridgehead atoms. The average molecular weight is 421 g/mol. The minimum absolute atomic E-state index is 0.157. The first-order valence-corrected chi connectivity index (χ1v) is 10.2. The number of urea groups is 1. The van der Waals surface area contributed by atoms with Crippen LogP contribution in [0.15, 0.2) is 54.7 Å². The summed E-state index contributed by atoms with van der Waals surface area (Å²) in [5, 5.41) is 4.65. The second-order valence-electron chi connectivity index (χ2n) is 7.65. The summed E-state index contributed by atoms with van der Waals surface area (Å²) in [6, 6.07) is 13.3. The lowest BCUT2D eigenvalue weighted by Crippen LogP contribution is -2.39. The predicted molar refractivity (Wildman–Crippen MR) is 115 cm³/mol. The van der Waals surface area contributed by atoms with Crippen LogP contribution in [0.2, 0.25) is 0 Å². The first-order valence-electron chi connectivity index (χ1n) is 10.2. The Kier molecular flexibility index (Phi) is 5.70. The van der Waals surface area contributed by atoms with Crippen molar-refractivity contribution in [3.8, 4) is 16.9 Å². The fourth-order valence-electron chi connectivity index (χ4n) is 3.69. The van der Waals surface area contributed by atoms with E-state index in [0.717, 1.165) is 11.1 Å². The number of halogens is 1. The number of benzene rings is 2. The van der Waals surface area contributed by atoms with E-state index in [1.807, 2.05) is 31.2 Å². The highest BCUT2D eigenvalue weighted by Crippen LogP contribution is 2.26. The topological polar surface area (TPSA) is 84.5 Å². The summed E-state index contributed by atoms with van der Waals surface area (Å²) < 4.78 is 15.0. The Morgan fingerprint density at radius 2 is 1.58 bits per heavy atom. The molecule has 0 spiro atoms. The van der Waals surface area contributed by atoms with E-state index in [0.29, 0.717) is 49.5 Å². The van der Waals surface area contributed by atoms with Gasteiger partial charge >= 0.3 is 6.03 Å². The molecule has 7 nitrogen and oxygen atoms in total. The molecule has 160 valence electrons. The van der Waals surface area contributed by atoms with Gasteiger partial charge in [-0.3, -0.25) is 4.79 Å². The molecule has 2 heterocycles. The molecule has 1 fully saturated rings. The predicted octanol–water partition coefficient (Wildman–Crippen LogP) is 3.21. The van der Waals surface area contributed by atoms with Gasteiger partial charge in [0, 0.05) is 37.9 Å². The van der Waals surface area contributed by atoms with Gasteiger partial charge in [0.2, 0.25) is 0 Å². The summed E-state index contributed by atoms with van der Waals surface area (Å²) in [7, 11) is 0. The quantitative estimate of drug-likeness (QED) is 0.705. The summed E-state index contributed by atoms with van der Waals surface area (Å²) in [5.74, 6) is -0.496. The third-order valence-electron chi connectivity index (χ3n) is 5.46. The molecule has 1 saturated heterocycles. The molecule has 0 saturated carbocycles. The molecule has 3 aromatic rings. The normalized spacial score (nSPS) is 14.4. The van der Waals surface area contributed by atoms with Crippen LogP contribution in [0.5, 0.6) is 0 Å². The van der Waals surface area contributed by atoms with Gasteiger partial charge in [0.1, 0.15) is 11.5 Å². The molecule has 2 N–H and O–H groups in total. The lowest BCUT2D eigenvalue weighted by molar-refractivity contribution is 0.0763. The lowest BCUT2D eigenvalue weighted by Gasteiger charge is -2.21. The molecule has 3 amide bonds. The number of hydrogen-bond donors (Lipinski definition) is 1. The number of carbonyl (C=O) groups excluding carboxylic acids is 2. The molecule has 0 unspecified atom stereocenters. The Morgan fingerprint density at radius 1 is 0.935 bits per heavy atom. The SMILES string of the molecule is Cc1ccc(-c2nn(-c3ccc(F)cc3)cc2C(=O)N2CCCN(C(N)=O)CC2)cc1. The van der Waals surface area contributed by atoms with E-state index >= 15 is 0 Å². The fraction of sp³-hybridized carbons (Fsp3) is 0.261. The van der Waals surface area contributed by atoms with E-state index in [1.54, 1.807) is 32.8 Å². The fourth-order valence-corrected chi connectivity index (χ4v) is 3.69. The zero-order chi connectivity index (χ0) is 22.0. The van der Waals surface area contributed by atoms with Crippen molar-refractivity contribution in [2.24, 2.45) is 5.73 Å². The molecule has 2 aromatic carbocycles. The number of aryl methyl sites for hydroxylation is 1. The number of amides is 3. The van der Waals surface area contributed by atoms with Gasteiger partial charge in [-0.15, -0.1) is 0 Å². The van der Waals surface area contributed by atoms with Crippen molar-refractivity contribution in [1.29, 1.82) is 0 Å². The van der Waals surface area contributed by atoms with Crippen molar-refractivity contribution in [2.45, 2.75) is 13.3 Å². The number of rotatable bonds is 3. The lowest BCUT2D eigenvalue weighted by atomic mass is 10.1. The summed E-state index contributed by atoms with van der Waals surface area (Å²) in [4.78, 5) is 28.3. The van der Waals surface area contributed by atoms with Crippen LogP contribution in [-0.4, -0.2) is 57.7 Å². The van der Waals surface area contributed by atoms with Crippen LogP contribution in [-0.2, 0) is 0 Å². The Labute approximate surface area is 179 Å². The second kappa shape index (κ2) is 8.59. The zero-order valence-corrected chi connectivity index (χ0v) is 17.3. The highest BCUT2D eigenvalue weighted by Gasteiger charge is 2.26. The smallest absolute Gasteiger partial charge is 0.314 e. The van der Waals surface area contributed by atoms with Crippen LogP contribution >= 0.6 is 0 Å². The Morgan fingerprint density at radius 3 is 2.26 bits per heavy atom. The molecule has 0 aliphatic carbocycles. The van der Waals surface area contributed by atoms with E-state index in [2.05, 4.69) is 5.10 Å². The molecule has 0 radical (unpaired) electrons. The van der Waals surface area contributed by atoms with E-state index in [1.165, 1.54) is 12.1 Å². The Hall–Kier alpha value is -3.68.